The van der Waals surface area contributed by atoms with Crippen LogP contribution in [-0.4, -0.2) is 36.1 Å². The third-order valence-corrected chi connectivity index (χ3v) is 7.10. The lowest BCUT2D eigenvalue weighted by Crippen LogP contribution is -2.79. The first-order valence-electron chi connectivity index (χ1n) is 7.59. The summed E-state index contributed by atoms with van der Waals surface area (Å²) in [7, 11) is 3.87. The Hall–Kier alpha value is -0.570. The topological polar surface area (TPSA) is 29.5 Å². The summed E-state index contributed by atoms with van der Waals surface area (Å²) in [5.74, 6) is 0.202. The predicted octanol–water partition coefficient (Wildman–Crippen LogP) is 2.59. The molecule has 4 bridgehead atoms. The molecule has 10 fully saturated rings. The summed E-state index contributed by atoms with van der Waals surface area (Å²) >= 11 is 0. The van der Waals surface area contributed by atoms with Gasteiger partial charge in [-0.25, -0.2) is 0 Å². The summed E-state index contributed by atoms with van der Waals surface area (Å²) in [5, 5.41) is 0. The van der Waals surface area contributed by atoms with Gasteiger partial charge in [-0.3, -0.25) is 9.69 Å². The molecule has 3 nitrogen and oxygen atoms in total. The highest BCUT2D eigenvalue weighted by Gasteiger charge is 2.77. The summed E-state index contributed by atoms with van der Waals surface area (Å²) in [4.78, 5) is 14.9. The van der Waals surface area contributed by atoms with Crippen LogP contribution in [0.5, 0.6) is 0 Å². The van der Waals surface area contributed by atoms with Crippen molar-refractivity contribution >= 4 is 5.97 Å². The second kappa shape index (κ2) is 3.03. The largest absolute Gasteiger partial charge is 0.469 e. The minimum atomic E-state index is 0.0488. The number of methoxy groups -OCH3 is 1. The van der Waals surface area contributed by atoms with Crippen molar-refractivity contribution in [1.29, 1.82) is 0 Å². The molecule has 19 heavy (non-hydrogen) atoms. The number of hydrogen-bond donors (Lipinski definition) is 0. The minimum Gasteiger partial charge on any atom is -0.469 e. The van der Waals surface area contributed by atoms with Gasteiger partial charge in [-0.05, 0) is 63.3 Å². The molecule has 0 amide bonds. The van der Waals surface area contributed by atoms with Gasteiger partial charge in [0.2, 0.25) is 0 Å². The van der Waals surface area contributed by atoms with E-state index in [4.69, 9.17) is 4.74 Å². The molecule has 106 valence electrons. The van der Waals surface area contributed by atoms with E-state index in [0.717, 1.165) is 6.42 Å². The second-order valence-corrected chi connectivity index (χ2v) is 8.62. The molecule has 1 atom stereocenters. The molecule has 4 saturated carbocycles. The maximum atomic E-state index is 12.2. The van der Waals surface area contributed by atoms with Crippen LogP contribution in [0.4, 0.5) is 0 Å². The van der Waals surface area contributed by atoms with E-state index in [-0.39, 0.29) is 17.3 Å². The monoisotopic (exact) mass is 263 g/mol. The number of nitrogens with zero attached hydrogens (tertiary/aromatic N) is 1. The van der Waals surface area contributed by atoms with Crippen LogP contribution in [-0.2, 0) is 9.53 Å². The van der Waals surface area contributed by atoms with Gasteiger partial charge in [0.1, 0.15) is 0 Å². The van der Waals surface area contributed by atoms with Gasteiger partial charge < -0.3 is 4.74 Å². The Labute approximate surface area is 115 Å². The van der Waals surface area contributed by atoms with E-state index in [1.165, 1.54) is 32.1 Å². The van der Waals surface area contributed by atoms with Crippen molar-refractivity contribution in [2.24, 2.45) is 16.7 Å². The smallest absolute Gasteiger partial charge is 0.309 e. The van der Waals surface area contributed by atoms with E-state index in [1.54, 1.807) is 7.11 Å². The number of carbonyl (C=O) groups is 1. The molecule has 0 N–H and O–H groups in total. The van der Waals surface area contributed by atoms with Crippen LogP contribution in [0.3, 0.4) is 0 Å². The lowest BCUT2D eigenvalue weighted by atomic mass is 9.35. The van der Waals surface area contributed by atoms with Gasteiger partial charge >= 0.3 is 5.97 Å². The van der Waals surface area contributed by atoms with Crippen molar-refractivity contribution in [2.45, 2.75) is 63.5 Å². The highest BCUT2D eigenvalue weighted by Crippen LogP contribution is 2.78. The fourth-order valence-electron chi connectivity index (χ4n) is 6.46. The van der Waals surface area contributed by atoms with Crippen LogP contribution >= 0.6 is 0 Å². The highest BCUT2D eigenvalue weighted by atomic mass is 16.5. The third-order valence-electron chi connectivity index (χ3n) is 7.10. The highest BCUT2D eigenvalue weighted by molar-refractivity contribution is 5.74. The van der Waals surface area contributed by atoms with E-state index in [0.29, 0.717) is 16.5 Å². The number of carbonyl (C=O) groups excluding carboxylic acids is 1. The van der Waals surface area contributed by atoms with Gasteiger partial charge in [0.15, 0.2) is 0 Å². The Morgan fingerprint density at radius 1 is 1.16 bits per heavy atom. The van der Waals surface area contributed by atoms with E-state index in [9.17, 15) is 4.79 Å². The Kier molecular flexibility index (Phi) is 1.94. The van der Waals surface area contributed by atoms with Crippen molar-refractivity contribution in [3.05, 3.63) is 0 Å². The fourth-order valence-corrected chi connectivity index (χ4v) is 6.46. The summed E-state index contributed by atoms with van der Waals surface area (Å²) in [6.07, 6.45) is 7.19. The second-order valence-electron chi connectivity index (χ2n) is 8.62. The lowest BCUT2D eigenvalue weighted by molar-refractivity contribution is -0.259. The number of hydrogen-bond acceptors (Lipinski definition) is 3. The van der Waals surface area contributed by atoms with E-state index in [1.807, 2.05) is 0 Å². The van der Waals surface area contributed by atoms with Crippen molar-refractivity contribution in [1.82, 2.24) is 4.90 Å². The average molecular weight is 263 g/mol. The molecular formula is C16H25NO2. The van der Waals surface area contributed by atoms with Gasteiger partial charge in [-0.15, -0.1) is 0 Å². The van der Waals surface area contributed by atoms with Crippen molar-refractivity contribution < 1.29 is 9.53 Å². The molecule has 6 heterocycles. The first-order chi connectivity index (χ1) is 8.77. The summed E-state index contributed by atoms with van der Waals surface area (Å²) in [5.41, 5.74) is 1.43. The average Bonchev–Trinajstić information content (AvgIpc) is 2.28. The molecule has 0 aromatic rings. The zero-order chi connectivity index (χ0) is 13.7. The molecule has 3 heteroatoms. The molecular weight excluding hydrogens is 238 g/mol. The molecule has 0 aromatic heterocycles. The van der Waals surface area contributed by atoms with E-state index < -0.39 is 0 Å². The molecule has 10 aliphatic rings. The zero-order valence-corrected chi connectivity index (χ0v) is 12.6. The minimum absolute atomic E-state index is 0.0488. The maximum Gasteiger partial charge on any atom is 0.309 e. The molecule has 0 radical (unpaired) electrons. The Morgan fingerprint density at radius 2 is 1.74 bits per heavy atom. The van der Waals surface area contributed by atoms with Gasteiger partial charge in [0.05, 0.1) is 13.0 Å². The van der Waals surface area contributed by atoms with Gasteiger partial charge in [0.25, 0.3) is 0 Å². The molecule has 0 aromatic carbocycles. The quantitative estimate of drug-likeness (QED) is 0.681. The molecule has 10 rings (SSSR count). The molecule has 4 aliphatic carbocycles. The van der Waals surface area contributed by atoms with Gasteiger partial charge in [-0.1, -0.05) is 6.92 Å². The maximum absolute atomic E-state index is 12.2. The fraction of sp³-hybridized carbons (Fsp3) is 0.938. The van der Waals surface area contributed by atoms with E-state index >= 15 is 0 Å². The number of rotatable bonds is 1. The predicted molar refractivity (Wildman–Crippen MR) is 72.6 cm³/mol. The van der Waals surface area contributed by atoms with Crippen LogP contribution in [0.15, 0.2) is 0 Å². The van der Waals surface area contributed by atoms with Crippen molar-refractivity contribution in [3.8, 4) is 0 Å². The van der Waals surface area contributed by atoms with Gasteiger partial charge in [-0.2, -0.15) is 0 Å². The van der Waals surface area contributed by atoms with Crippen LogP contribution in [0.25, 0.3) is 0 Å². The Balaban J connectivity index is 1.71. The molecule has 6 saturated heterocycles. The van der Waals surface area contributed by atoms with Crippen LogP contribution in [0.1, 0.15) is 52.4 Å². The first-order valence-corrected chi connectivity index (χ1v) is 7.59. The van der Waals surface area contributed by atoms with Crippen LogP contribution in [0.2, 0.25) is 0 Å². The molecule has 0 spiro atoms. The Bertz CT molecular complexity index is 444. The molecule has 1 unspecified atom stereocenters. The third kappa shape index (κ3) is 1.22. The van der Waals surface area contributed by atoms with Gasteiger partial charge in [0, 0.05) is 11.1 Å². The summed E-state index contributed by atoms with van der Waals surface area (Å²) < 4.78 is 5.12. The van der Waals surface area contributed by atoms with Crippen LogP contribution < -0.4 is 0 Å². The molecule has 6 aliphatic heterocycles. The lowest BCUT2D eigenvalue weighted by Gasteiger charge is -2.77. The van der Waals surface area contributed by atoms with Crippen molar-refractivity contribution in [3.63, 3.8) is 0 Å². The van der Waals surface area contributed by atoms with Crippen molar-refractivity contribution in [2.75, 3.05) is 14.2 Å². The Morgan fingerprint density at radius 3 is 2.26 bits per heavy atom. The van der Waals surface area contributed by atoms with Crippen LogP contribution in [0, 0.1) is 16.7 Å². The van der Waals surface area contributed by atoms with E-state index in [2.05, 4.69) is 25.8 Å². The first kappa shape index (κ1) is 12.2. The summed E-state index contributed by atoms with van der Waals surface area (Å²) in [6.45, 7) is 4.78. The SMILES string of the molecule is COC(=O)C1CC2(C)CC(C)(C2)N(C)C23CC1(C2)C3. The number of esters is 1. The number of ether oxygens (including phenoxy) is 1. The normalized spacial score (nSPS) is 58.6. The standard InChI is InChI=1S/C16H25NO2/c1-13-5-11(12(18)19-4)15-8-16(9-15,10-15)17(3)14(2,6-13)7-13/h11H,5-10H2,1-4H3. The summed E-state index contributed by atoms with van der Waals surface area (Å²) in [6, 6.07) is 0. The zero-order valence-electron chi connectivity index (χ0n) is 12.6.